The molecule has 3 rings (SSSR count). The average Bonchev–Trinajstić information content (AvgIpc) is 2.68. The van der Waals surface area contributed by atoms with Crippen LogP contribution in [0, 0.1) is 6.92 Å². The summed E-state index contributed by atoms with van der Waals surface area (Å²) >= 11 is 5.95. The zero-order valence-corrected chi connectivity index (χ0v) is 16.4. The maximum atomic E-state index is 13.0. The summed E-state index contributed by atoms with van der Waals surface area (Å²) in [6.45, 7) is 4.38. The van der Waals surface area contributed by atoms with E-state index >= 15 is 0 Å². The van der Waals surface area contributed by atoms with Gasteiger partial charge in [0.05, 0.1) is 11.1 Å². The summed E-state index contributed by atoms with van der Waals surface area (Å²) < 4.78 is 0. The third-order valence-corrected chi connectivity index (χ3v) is 4.44. The SMILES string of the molecule is CCN(C(=O)c1cncc(C(=O)Nc2cccc(Cl)c2)c1)c1cccc(C)c1. The van der Waals surface area contributed by atoms with E-state index in [9.17, 15) is 9.59 Å². The molecule has 142 valence electrons. The van der Waals surface area contributed by atoms with Crippen LogP contribution in [0.3, 0.4) is 0 Å². The number of aromatic nitrogens is 1. The van der Waals surface area contributed by atoms with Crippen molar-refractivity contribution >= 4 is 34.8 Å². The van der Waals surface area contributed by atoms with E-state index in [2.05, 4.69) is 10.3 Å². The van der Waals surface area contributed by atoms with Gasteiger partial charge in [-0.2, -0.15) is 0 Å². The number of amides is 2. The van der Waals surface area contributed by atoms with Crippen LogP contribution in [0.5, 0.6) is 0 Å². The lowest BCUT2D eigenvalue weighted by Crippen LogP contribution is -2.31. The molecule has 28 heavy (non-hydrogen) atoms. The lowest BCUT2D eigenvalue weighted by atomic mass is 10.1. The molecule has 0 radical (unpaired) electrons. The Hall–Kier alpha value is -3.18. The predicted octanol–water partition coefficient (Wildman–Crippen LogP) is 4.96. The fourth-order valence-corrected chi connectivity index (χ4v) is 3.04. The number of carbonyl (C=O) groups is 2. The van der Waals surface area contributed by atoms with Crippen LogP contribution in [0.25, 0.3) is 0 Å². The van der Waals surface area contributed by atoms with Gasteiger partial charge in [-0.1, -0.05) is 29.8 Å². The second-order valence-electron chi connectivity index (χ2n) is 6.32. The fourth-order valence-electron chi connectivity index (χ4n) is 2.85. The highest BCUT2D eigenvalue weighted by Crippen LogP contribution is 2.20. The van der Waals surface area contributed by atoms with Crippen molar-refractivity contribution in [2.45, 2.75) is 13.8 Å². The molecule has 0 bridgehead atoms. The van der Waals surface area contributed by atoms with Gasteiger partial charge in [0.1, 0.15) is 0 Å². The summed E-state index contributed by atoms with van der Waals surface area (Å²) in [7, 11) is 0. The molecule has 0 aliphatic carbocycles. The Labute approximate surface area is 169 Å². The first-order chi connectivity index (χ1) is 13.5. The molecule has 0 unspecified atom stereocenters. The molecule has 2 amide bonds. The van der Waals surface area contributed by atoms with E-state index in [-0.39, 0.29) is 11.8 Å². The number of rotatable bonds is 5. The van der Waals surface area contributed by atoms with Gasteiger partial charge in [0, 0.05) is 35.3 Å². The normalized spacial score (nSPS) is 10.4. The monoisotopic (exact) mass is 393 g/mol. The molecule has 0 atom stereocenters. The quantitative estimate of drug-likeness (QED) is 0.666. The molecule has 2 aromatic carbocycles. The van der Waals surface area contributed by atoms with Crippen molar-refractivity contribution in [2.24, 2.45) is 0 Å². The molecule has 0 aliphatic rings. The number of nitrogens with one attached hydrogen (secondary N) is 1. The van der Waals surface area contributed by atoms with E-state index in [1.54, 1.807) is 35.2 Å². The summed E-state index contributed by atoms with van der Waals surface area (Å²) in [5.41, 5.74) is 3.09. The van der Waals surface area contributed by atoms with Gasteiger partial charge in [0.2, 0.25) is 0 Å². The van der Waals surface area contributed by atoms with Crippen molar-refractivity contribution in [2.75, 3.05) is 16.8 Å². The predicted molar refractivity (Wildman–Crippen MR) is 112 cm³/mol. The number of benzene rings is 2. The molecule has 1 N–H and O–H groups in total. The third-order valence-electron chi connectivity index (χ3n) is 4.20. The number of halogens is 1. The molecule has 5 nitrogen and oxygen atoms in total. The number of pyridine rings is 1. The van der Waals surface area contributed by atoms with E-state index in [0.717, 1.165) is 11.3 Å². The van der Waals surface area contributed by atoms with Crippen LogP contribution in [0.2, 0.25) is 5.02 Å². The summed E-state index contributed by atoms with van der Waals surface area (Å²) in [6.07, 6.45) is 2.90. The number of hydrogen-bond acceptors (Lipinski definition) is 3. The molecule has 1 aromatic heterocycles. The van der Waals surface area contributed by atoms with Gasteiger partial charge < -0.3 is 10.2 Å². The van der Waals surface area contributed by atoms with Gasteiger partial charge in [-0.3, -0.25) is 14.6 Å². The summed E-state index contributed by atoms with van der Waals surface area (Å²) in [5, 5.41) is 3.28. The van der Waals surface area contributed by atoms with Crippen LogP contribution in [-0.2, 0) is 0 Å². The zero-order valence-electron chi connectivity index (χ0n) is 15.6. The summed E-state index contributed by atoms with van der Waals surface area (Å²) in [5.74, 6) is -0.568. The summed E-state index contributed by atoms with van der Waals surface area (Å²) in [4.78, 5) is 31.3. The van der Waals surface area contributed by atoms with Gasteiger partial charge in [-0.15, -0.1) is 0 Å². The molecule has 1 heterocycles. The molecule has 6 heteroatoms. The smallest absolute Gasteiger partial charge is 0.259 e. The van der Waals surface area contributed by atoms with E-state index < -0.39 is 0 Å². The lowest BCUT2D eigenvalue weighted by Gasteiger charge is -2.21. The fraction of sp³-hybridized carbons (Fsp3) is 0.136. The van der Waals surface area contributed by atoms with Gasteiger partial charge in [0.25, 0.3) is 11.8 Å². The molecule has 0 fully saturated rings. The Balaban J connectivity index is 1.83. The van der Waals surface area contributed by atoms with Crippen LogP contribution in [0.15, 0.2) is 67.0 Å². The minimum absolute atomic E-state index is 0.210. The first kappa shape index (κ1) is 19.6. The molecule has 0 saturated heterocycles. The Morgan fingerprint density at radius 3 is 2.50 bits per heavy atom. The van der Waals surface area contributed by atoms with Crippen LogP contribution in [0.1, 0.15) is 33.2 Å². The number of carbonyl (C=O) groups excluding carboxylic acids is 2. The molecule has 0 aliphatic heterocycles. The number of nitrogens with zero attached hydrogens (tertiary/aromatic N) is 2. The van der Waals surface area contributed by atoms with Gasteiger partial charge in [0.15, 0.2) is 0 Å². The Bertz CT molecular complexity index is 1020. The van der Waals surface area contributed by atoms with E-state index in [0.29, 0.717) is 28.4 Å². The first-order valence-electron chi connectivity index (χ1n) is 8.88. The largest absolute Gasteiger partial charge is 0.322 e. The van der Waals surface area contributed by atoms with E-state index in [1.165, 1.54) is 12.4 Å². The molecular formula is C22H20ClN3O2. The summed E-state index contributed by atoms with van der Waals surface area (Å²) in [6, 6.07) is 16.1. The maximum absolute atomic E-state index is 13.0. The van der Waals surface area contributed by atoms with Crippen molar-refractivity contribution in [3.63, 3.8) is 0 Å². The van der Waals surface area contributed by atoms with Crippen molar-refractivity contribution in [1.82, 2.24) is 4.98 Å². The minimum Gasteiger partial charge on any atom is -0.322 e. The minimum atomic E-state index is -0.358. The second-order valence-corrected chi connectivity index (χ2v) is 6.75. The number of anilines is 2. The topological polar surface area (TPSA) is 62.3 Å². The highest BCUT2D eigenvalue weighted by molar-refractivity contribution is 6.31. The van der Waals surface area contributed by atoms with E-state index in [1.807, 2.05) is 38.1 Å². The maximum Gasteiger partial charge on any atom is 0.259 e. The van der Waals surface area contributed by atoms with Gasteiger partial charge in [-0.05, 0) is 55.8 Å². The van der Waals surface area contributed by atoms with Gasteiger partial charge >= 0.3 is 0 Å². The number of aryl methyl sites for hydroxylation is 1. The average molecular weight is 394 g/mol. The van der Waals surface area contributed by atoms with Crippen LogP contribution in [0.4, 0.5) is 11.4 Å². The zero-order chi connectivity index (χ0) is 20.1. The molecule has 0 saturated carbocycles. The van der Waals surface area contributed by atoms with Gasteiger partial charge in [-0.25, -0.2) is 0 Å². The number of hydrogen-bond donors (Lipinski definition) is 1. The molecule has 0 spiro atoms. The highest BCUT2D eigenvalue weighted by atomic mass is 35.5. The van der Waals surface area contributed by atoms with Crippen LogP contribution < -0.4 is 10.2 Å². The Morgan fingerprint density at radius 2 is 1.79 bits per heavy atom. The van der Waals surface area contributed by atoms with E-state index in [4.69, 9.17) is 11.6 Å². The van der Waals surface area contributed by atoms with Crippen LogP contribution >= 0.6 is 11.6 Å². The lowest BCUT2D eigenvalue weighted by molar-refractivity contribution is 0.0988. The molecule has 3 aromatic rings. The van der Waals surface area contributed by atoms with Crippen molar-refractivity contribution in [3.05, 3.63) is 88.7 Å². The third kappa shape index (κ3) is 4.56. The Morgan fingerprint density at radius 1 is 1.04 bits per heavy atom. The van der Waals surface area contributed by atoms with Crippen molar-refractivity contribution in [1.29, 1.82) is 0 Å². The Kier molecular flexibility index (Phi) is 6.06. The van der Waals surface area contributed by atoms with Crippen LogP contribution in [-0.4, -0.2) is 23.3 Å². The standard InChI is InChI=1S/C22H20ClN3O2/c1-3-26(20-9-4-6-15(2)10-20)22(28)17-11-16(13-24-14-17)21(27)25-19-8-5-7-18(23)12-19/h4-14H,3H2,1-2H3,(H,25,27). The van der Waals surface area contributed by atoms with Crippen molar-refractivity contribution in [3.8, 4) is 0 Å². The van der Waals surface area contributed by atoms with Crippen molar-refractivity contribution < 1.29 is 9.59 Å². The first-order valence-corrected chi connectivity index (χ1v) is 9.26. The second kappa shape index (κ2) is 8.67. The highest BCUT2D eigenvalue weighted by Gasteiger charge is 2.18. The molecular weight excluding hydrogens is 374 g/mol.